The SMILES string of the molecule is N#C/C(=C/c1cc(I)c(OCc2ccccc2)c(I)c1)c1nc2ccc(F)cc2[nH]1. The zero-order valence-corrected chi connectivity index (χ0v) is 19.8. The third-order valence-electron chi connectivity index (χ3n) is 4.38. The second kappa shape index (κ2) is 9.14. The van der Waals surface area contributed by atoms with E-state index < -0.39 is 0 Å². The number of nitrogens with one attached hydrogen (secondary N) is 1. The van der Waals surface area contributed by atoms with Crippen LogP contribution in [0.4, 0.5) is 4.39 Å². The lowest BCUT2D eigenvalue weighted by atomic mass is 10.1. The summed E-state index contributed by atoms with van der Waals surface area (Å²) in [7, 11) is 0. The van der Waals surface area contributed by atoms with E-state index in [1.807, 2.05) is 42.5 Å². The van der Waals surface area contributed by atoms with Gasteiger partial charge in [-0.15, -0.1) is 0 Å². The molecular weight excluding hydrogens is 607 g/mol. The van der Waals surface area contributed by atoms with Crippen LogP contribution in [0.2, 0.25) is 0 Å². The van der Waals surface area contributed by atoms with Gasteiger partial charge in [0.15, 0.2) is 0 Å². The second-order valence-corrected chi connectivity index (χ2v) is 8.83. The van der Waals surface area contributed by atoms with Crippen LogP contribution in [0.5, 0.6) is 5.75 Å². The minimum atomic E-state index is -0.351. The molecule has 4 aromatic rings. The van der Waals surface area contributed by atoms with Crippen LogP contribution in [0, 0.1) is 24.3 Å². The maximum Gasteiger partial charge on any atom is 0.149 e. The van der Waals surface area contributed by atoms with E-state index in [1.54, 1.807) is 12.1 Å². The van der Waals surface area contributed by atoms with Crippen LogP contribution in [-0.4, -0.2) is 9.97 Å². The van der Waals surface area contributed by atoms with Crippen molar-refractivity contribution in [1.82, 2.24) is 9.97 Å². The highest BCUT2D eigenvalue weighted by atomic mass is 127. The maximum absolute atomic E-state index is 13.4. The molecule has 0 aliphatic carbocycles. The van der Waals surface area contributed by atoms with Crippen molar-refractivity contribution in [2.24, 2.45) is 0 Å². The van der Waals surface area contributed by atoms with Crippen molar-refractivity contribution in [2.75, 3.05) is 0 Å². The molecule has 0 saturated heterocycles. The summed E-state index contributed by atoms with van der Waals surface area (Å²) in [4.78, 5) is 7.42. The van der Waals surface area contributed by atoms with Crippen LogP contribution in [0.1, 0.15) is 17.0 Å². The van der Waals surface area contributed by atoms with Gasteiger partial charge in [0, 0.05) is 0 Å². The van der Waals surface area contributed by atoms with Crippen molar-refractivity contribution < 1.29 is 9.13 Å². The average molecular weight is 621 g/mol. The van der Waals surface area contributed by atoms with Crippen LogP contribution in [0.15, 0.2) is 60.7 Å². The highest BCUT2D eigenvalue weighted by Crippen LogP contribution is 2.31. The predicted octanol–water partition coefficient (Wildman–Crippen LogP) is 6.55. The molecule has 1 N–H and O–H groups in total. The summed E-state index contributed by atoms with van der Waals surface area (Å²) < 4.78 is 21.4. The van der Waals surface area contributed by atoms with E-state index in [1.165, 1.54) is 12.1 Å². The first-order valence-corrected chi connectivity index (χ1v) is 11.1. The Morgan fingerprint density at radius 1 is 1.10 bits per heavy atom. The number of fused-ring (bicyclic) bond motifs is 1. The molecule has 0 spiro atoms. The van der Waals surface area contributed by atoms with Crippen molar-refractivity contribution >= 4 is 67.9 Å². The Kier molecular flexibility index (Phi) is 6.34. The first kappa shape index (κ1) is 20.8. The summed E-state index contributed by atoms with van der Waals surface area (Å²) in [5.74, 6) is 0.873. The first-order chi connectivity index (χ1) is 14.5. The molecule has 0 bridgehead atoms. The fourth-order valence-corrected chi connectivity index (χ4v) is 5.09. The Morgan fingerprint density at radius 3 is 2.53 bits per heavy atom. The maximum atomic E-state index is 13.4. The quantitative estimate of drug-likeness (QED) is 0.203. The Labute approximate surface area is 200 Å². The number of allylic oxidation sites excluding steroid dienone is 1. The monoisotopic (exact) mass is 621 g/mol. The molecule has 0 aliphatic rings. The van der Waals surface area contributed by atoms with Gasteiger partial charge in [0.1, 0.15) is 30.1 Å². The number of nitrogens with zero attached hydrogens (tertiary/aromatic N) is 2. The van der Waals surface area contributed by atoms with Crippen LogP contribution in [0.25, 0.3) is 22.7 Å². The molecule has 3 aromatic carbocycles. The van der Waals surface area contributed by atoms with Gasteiger partial charge in [-0.2, -0.15) is 5.26 Å². The molecule has 4 rings (SSSR count). The molecule has 0 aliphatic heterocycles. The minimum absolute atomic E-state index is 0.351. The lowest BCUT2D eigenvalue weighted by Crippen LogP contribution is -1.99. The molecule has 0 saturated carbocycles. The number of ether oxygens (including phenoxy) is 1. The number of benzene rings is 3. The molecule has 1 aromatic heterocycles. The van der Waals surface area contributed by atoms with Crippen LogP contribution >= 0.6 is 45.2 Å². The summed E-state index contributed by atoms with van der Waals surface area (Å²) in [6.07, 6.45) is 1.76. The van der Waals surface area contributed by atoms with E-state index >= 15 is 0 Å². The van der Waals surface area contributed by atoms with E-state index in [0.29, 0.717) is 29.0 Å². The molecule has 1 heterocycles. The topological polar surface area (TPSA) is 61.7 Å². The highest BCUT2D eigenvalue weighted by molar-refractivity contribution is 14.1. The number of H-pyrrole nitrogens is 1. The zero-order valence-electron chi connectivity index (χ0n) is 15.5. The number of aromatic amines is 1. The van der Waals surface area contributed by atoms with Gasteiger partial charge in [0.2, 0.25) is 0 Å². The minimum Gasteiger partial charge on any atom is -0.487 e. The lowest BCUT2D eigenvalue weighted by molar-refractivity contribution is 0.302. The molecule has 148 valence electrons. The van der Waals surface area contributed by atoms with Gasteiger partial charge < -0.3 is 9.72 Å². The largest absolute Gasteiger partial charge is 0.487 e. The van der Waals surface area contributed by atoms with E-state index in [9.17, 15) is 9.65 Å². The summed E-state index contributed by atoms with van der Waals surface area (Å²) in [5.41, 5.74) is 3.50. The number of rotatable bonds is 5. The van der Waals surface area contributed by atoms with E-state index in [0.717, 1.165) is 24.0 Å². The highest BCUT2D eigenvalue weighted by Gasteiger charge is 2.12. The average Bonchev–Trinajstić information content (AvgIpc) is 3.15. The number of aromatic nitrogens is 2. The Balaban J connectivity index is 1.62. The molecule has 0 radical (unpaired) electrons. The third-order valence-corrected chi connectivity index (χ3v) is 5.98. The van der Waals surface area contributed by atoms with Gasteiger partial charge in [-0.25, -0.2) is 9.37 Å². The lowest BCUT2D eigenvalue weighted by Gasteiger charge is -2.11. The molecule has 0 atom stereocenters. The van der Waals surface area contributed by atoms with Gasteiger partial charge in [0.05, 0.1) is 23.7 Å². The number of nitriles is 1. The Morgan fingerprint density at radius 2 is 1.83 bits per heavy atom. The third kappa shape index (κ3) is 4.65. The second-order valence-electron chi connectivity index (χ2n) is 6.50. The molecule has 4 nitrogen and oxygen atoms in total. The smallest absolute Gasteiger partial charge is 0.149 e. The van der Waals surface area contributed by atoms with Crippen molar-refractivity contribution in [2.45, 2.75) is 6.61 Å². The van der Waals surface area contributed by atoms with Crippen LogP contribution in [-0.2, 0) is 6.61 Å². The molecule has 30 heavy (non-hydrogen) atoms. The Bertz CT molecular complexity index is 1270. The van der Waals surface area contributed by atoms with E-state index in [2.05, 4.69) is 61.2 Å². The van der Waals surface area contributed by atoms with Crippen molar-refractivity contribution in [3.05, 3.63) is 90.6 Å². The fraction of sp³-hybridized carbons (Fsp3) is 0.0435. The Hall–Kier alpha value is -2.45. The first-order valence-electron chi connectivity index (χ1n) is 8.96. The van der Waals surface area contributed by atoms with Crippen LogP contribution < -0.4 is 4.74 Å². The molecule has 0 fully saturated rings. The van der Waals surface area contributed by atoms with Crippen LogP contribution in [0.3, 0.4) is 0 Å². The van der Waals surface area contributed by atoms with Gasteiger partial charge in [0.25, 0.3) is 0 Å². The van der Waals surface area contributed by atoms with Gasteiger partial charge in [-0.05, 0) is 92.7 Å². The number of hydrogen-bond acceptors (Lipinski definition) is 3. The number of imidazole rings is 1. The van der Waals surface area contributed by atoms with Crippen molar-refractivity contribution in [3.63, 3.8) is 0 Å². The standard InChI is InChI=1S/C23H14FI2N3O/c24-17-6-7-20-21(11-17)29-23(28-20)16(12-27)8-15-9-18(25)22(19(26)10-15)30-13-14-4-2-1-3-5-14/h1-11H,13H2,(H,28,29)/b16-8-. The predicted molar refractivity (Wildman–Crippen MR) is 132 cm³/mol. The zero-order chi connectivity index (χ0) is 21.1. The molecule has 0 amide bonds. The summed E-state index contributed by atoms with van der Waals surface area (Å²) >= 11 is 4.47. The van der Waals surface area contributed by atoms with E-state index in [4.69, 9.17) is 4.74 Å². The number of halogens is 3. The summed E-state index contributed by atoms with van der Waals surface area (Å²) in [5, 5.41) is 9.64. The molecule has 0 unspecified atom stereocenters. The van der Waals surface area contributed by atoms with Crippen molar-refractivity contribution in [3.8, 4) is 11.8 Å². The van der Waals surface area contributed by atoms with Gasteiger partial charge >= 0.3 is 0 Å². The molecule has 7 heteroatoms. The fourth-order valence-electron chi connectivity index (χ4n) is 2.96. The summed E-state index contributed by atoms with van der Waals surface area (Å²) in [6.45, 7) is 0.487. The van der Waals surface area contributed by atoms with Gasteiger partial charge in [-0.3, -0.25) is 0 Å². The normalized spacial score (nSPS) is 11.5. The number of hydrogen-bond donors (Lipinski definition) is 1. The van der Waals surface area contributed by atoms with E-state index in [-0.39, 0.29) is 5.82 Å². The van der Waals surface area contributed by atoms with Gasteiger partial charge in [-0.1, -0.05) is 30.3 Å². The molecular formula is C23H14FI2N3O. The van der Waals surface area contributed by atoms with Crippen molar-refractivity contribution in [1.29, 1.82) is 5.26 Å². The summed E-state index contributed by atoms with van der Waals surface area (Å²) in [6, 6.07) is 20.4.